The minimum absolute atomic E-state index is 0.128. The summed E-state index contributed by atoms with van der Waals surface area (Å²) in [7, 11) is -2.76. The van der Waals surface area contributed by atoms with Crippen LogP contribution in [0.1, 0.15) is 26.7 Å². The first kappa shape index (κ1) is 16.9. The molecule has 25 heavy (non-hydrogen) atoms. The number of allylic oxidation sites excluding steroid dienone is 2. The first-order valence-corrected chi connectivity index (χ1v) is 11.1. The van der Waals surface area contributed by atoms with Gasteiger partial charge >= 0.3 is 0 Å². The smallest absolute Gasteiger partial charge is 0.221 e. The standard InChI is InChI=1S/C19H26N3O2P/c1-19(2)13-16-18(17(14-19)21-9-11-24-12-10-21)25(3,23)22(20-16)15-7-5-4-6-8-15/h4-8H,9-14H2,1-3H3. The van der Waals surface area contributed by atoms with Gasteiger partial charge in [-0.25, -0.2) is 4.78 Å². The summed E-state index contributed by atoms with van der Waals surface area (Å²) >= 11 is 0. The molecule has 0 bridgehead atoms. The molecule has 1 aromatic rings. The Morgan fingerprint density at radius 2 is 1.80 bits per heavy atom. The summed E-state index contributed by atoms with van der Waals surface area (Å²) in [5.74, 6) is 0. The Kier molecular flexibility index (Phi) is 4.04. The third-order valence-corrected chi connectivity index (χ3v) is 7.60. The molecule has 0 aromatic heterocycles. The van der Waals surface area contributed by atoms with Crippen molar-refractivity contribution in [3.63, 3.8) is 0 Å². The Hall–Kier alpha value is -1.58. The van der Waals surface area contributed by atoms with E-state index in [1.165, 1.54) is 5.70 Å². The van der Waals surface area contributed by atoms with Crippen LogP contribution in [-0.4, -0.2) is 43.6 Å². The topological polar surface area (TPSA) is 45.1 Å². The van der Waals surface area contributed by atoms with Crippen molar-refractivity contribution in [1.82, 2.24) is 4.90 Å². The Labute approximate surface area is 149 Å². The van der Waals surface area contributed by atoms with Crippen LogP contribution >= 0.6 is 7.29 Å². The van der Waals surface area contributed by atoms with Crippen molar-refractivity contribution >= 4 is 18.7 Å². The molecule has 0 amide bonds. The zero-order valence-electron chi connectivity index (χ0n) is 15.2. The van der Waals surface area contributed by atoms with Crippen molar-refractivity contribution in [3.05, 3.63) is 41.3 Å². The Morgan fingerprint density at radius 3 is 2.48 bits per heavy atom. The van der Waals surface area contributed by atoms with Crippen LogP contribution in [0, 0.1) is 5.41 Å². The highest BCUT2D eigenvalue weighted by molar-refractivity contribution is 7.70. The van der Waals surface area contributed by atoms with E-state index in [0.717, 1.165) is 55.9 Å². The van der Waals surface area contributed by atoms with E-state index in [1.54, 1.807) is 4.78 Å². The van der Waals surface area contributed by atoms with Crippen molar-refractivity contribution in [2.24, 2.45) is 10.5 Å². The summed E-state index contributed by atoms with van der Waals surface area (Å²) in [4.78, 5) is 2.37. The number of hydrogen-bond donors (Lipinski definition) is 0. The van der Waals surface area contributed by atoms with Crippen LogP contribution in [0.3, 0.4) is 0 Å². The highest BCUT2D eigenvalue weighted by Gasteiger charge is 2.47. The van der Waals surface area contributed by atoms with E-state index in [4.69, 9.17) is 9.84 Å². The molecule has 6 heteroatoms. The lowest BCUT2D eigenvalue weighted by Crippen LogP contribution is -2.40. The maximum Gasteiger partial charge on any atom is 0.221 e. The minimum Gasteiger partial charge on any atom is -0.378 e. The van der Waals surface area contributed by atoms with E-state index < -0.39 is 7.29 Å². The number of rotatable bonds is 2. The SMILES string of the molecule is CC1(C)CC2=NN(c3ccccc3)P(C)(=O)C2=C(N2CCOCC2)C1. The molecule has 0 radical (unpaired) electrons. The third kappa shape index (κ3) is 2.94. The zero-order chi connectivity index (χ0) is 17.7. The number of hydrogen-bond acceptors (Lipinski definition) is 4. The predicted octanol–water partition coefficient (Wildman–Crippen LogP) is 4.13. The van der Waals surface area contributed by atoms with Crippen molar-refractivity contribution in [3.8, 4) is 0 Å². The third-order valence-electron chi connectivity index (χ3n) is 5.21. The van der Waals surface area contributed by atoms with Gasteiger partial charge in [-0.15, -0.1) is 0 Å². The quantitative estimate of drug-likeness (QED) is 0.745. The van der Waals surface area contributed by atoms with E-state index in [-0.39, 0.29) is 5.41 Å². The van der Waals surface area contributed by atoms with Crippen molar-refractivity contribution in [2.45, 2.75) is 26.7 Å². The minimum atomic E-state index is -2.76. The number of benzene rings is 1. The second-order valence-electron chi connectivity index (χ2n) is 7.96. The van der Waals surface area contributed by atoms with Gasteiger partial charge in [0.05, 0.1) is 29.9 Å². The van der Waals surface area contributed by atoms with Gasteiger partial charge in [-0.3, -0.25) is 4.57 Å². The maximum atomic E-state index is 13.9. The summed E-state index contributed by atoms with van der Waals surface area (Å²) in [5, 5.41) is 5.84. The van der Waals surface area contributed by atoms with Gasteiger partial charge in [0.1, 0.15) is 0 Å². The number of nitrogens with zero attached hydrogens (tertiary/aromatic N) is 3. The molecule has 1 aromatic carbocycles. The molecule has 1 fully saturated rings. The van der Waals surface area contributed by atoms with Gasteiger partial charge in [0.15, 0.2) is 0 Å². The van der Waals surface area contributed by atoms with Crippen LogP contribution in [0.15, 0.2) is 46.4 Å². The molecule has 0 N–H and O–H groups in total. The molecule has 3 aliphatic rings. The summed E-state index contributed by atoms with van der Waals surface area (Å²) < 4.78 is 21.2. The average molecular weight is 359 g/mol. The first-order chi connectivity index (χ1) is 11.9. The highest BCUT2D eigenvalue weighted by atomic mass is 31.2. The average Bonchev–Trinajstić information content (AvgIpc) is 2.85. The Balaban J connectivity index is 1.83. The van der Waals surface area contributed by atoms with Gasteiger partial charge in [0.2, 0.25) is 7.29 Å². The maximum absolute atomic E-state index is 13.9. The summed E-state index contributed by atoms with van der Waals surface area (Å²) in [6.45, 7) is 9.63. The lowest BCUT2D eigenvalue weighted by Gasteiger charge is -2.40. The molecule has 134 valence electrons. The molecular formula is C19H26N3O2P. The fraction of sp³-hybridized carbons (Fsp3) is 0.526. The second-order valence-corrected chi connectivity index (χ2v) is 10.5. The van der Waals surface area contributed by atoms with Crippen LogP contribution < -0.4 is 4.78 Å². The molecule has 4 rings (SSSR count). The number of anilines is 1. The summed E-state index contributed by atoms with van der Waals surface area (Å²) in [6.07, 6.45) is 1.82. The van der Waals surface area contributed by atoms with E-state index in [1.807, 2.05) is 37.0 Å². The lowest BCUT2D eigenvalue weighted by atomic mass is 9.78. The molecule has 1 aliphatic carbocycles. The monoisotopic (exact) mass is 359 g/mol. The van der Waals surface area contributed by atoms with E-state index in [9.17, 15) is 4.57 Å². The molecule has 2 aliphatic heterocycles. The number of fused-ring (bicyclic) bond motifs is 1. The van der Waals surface area contributed by atoms with E-state index in [0.29, 0.717) is 0 Å². The fourth-order valence-corrected chi connectivity index (χ4v) is 6.44. The molecule has 0 spiro atoms. The van der Waals surface area contributed by atoms with E-state index in [2.05, 4.69) is 18.7 Å². The normalized spacial score (nSPS) is 28.8. The molecule has 1 saturated heterocycles. The molecule has 2 heterocycles. The first-order valence-electron chi connectivity index (χ1n) is 8.96. The molecular weight excluding hydrogens is 333 g/mol. The van der Waals surface area contributed by atoms with E-state index >= 15 is 0 Å². The van der Waals surface area contributed by atoms with Crippen LogP contribution in [0.5, 0.6) is 0 Å². The van der Waals surface area contributed by atoms with Gasteiger partial charge in [-0.05, 0) is 30.4 Å². The summed E-state index contributed by atoms with van der Waals surface area (Å²) in [6, 6.07) is 9.88. The molecule has 0 saturated carbocycles. The Morgan fingerprint density at radius 1 is 1.12 bits per heavy atom. The largest absolute Gasteiger partial charge is 0.378 e. The van der Waals surface area contributed by atoms with Crippen molar-refractivity contribution in [2.75, 3.05) is 37.7 Å². The number of para-hydroxylation sites is 1. The lowest BCUT2D eigenvalue weighted by molar-refractivity contribution is 0.0489. The van der Waals surface area contributed by atoms with Gasteiger partial charge in [-0.2, -0.15) is 5.10 Å². The molecule has 1 atom stereocenters. The summed E-state index contributed by atoms with van der Waals surface area (Å²) in [5.41, 5.74) is 3.26. The Bertz CT molecular complexity index is 779. The number of ether oxygens (including phenoxy) is 1. The fourth-order valence-electron chi connectivity index (χ4n) is 4.09. The van der Waals surface area contributed by atoms with Crippen LogP contribution in [-0.2, 0) is 9.30 Å². The van der Waals surface area contributed by atoms with Gasteiger partial charge < -0.3 is 9.64 Å². The molecule has 5 nitrogen and oxygen atoms in total. The van der Waals surface area contributed by atoms with Crippen LogP contribution in [0.2, 0.25) is 0 Å². The van der Waals surface area contributed by atoms with Crippen molar-refractivity contribution in [1.29, 1.82) is 0 Å². The molecule has 1 unspecified atom stereocenters. The predicted molar refractivity (Wildman–Crippen MR) is 102 cm³/mol. The number of hydrazone groups is 1. The second kappa shape index (κ2) is 6.00. The van der Waals surface area contributed by atoms with Crippen molar-refractivity contribution < 1.29 is 9.30 Å². The number of morpholine rings is 1. The van der Waals surface area contributed by atoms with Gasteiger partial charge in [-0.1, -0.05) is 32.0 Å². The van der Waals surface area contributed by atoms with Gasteiger partial charge in [0.25, 0.3) is 0 Å². The zero-order valence-corrected chi connectivity index (χ0v) is 16.1. The highest BCUT2D eigenvalue weighted by Crippen LogP contribution is 2.64. The van der Waals surface area contributed by atoms with Crippen LogP contribution in [0.25, 0.3) is 0 Å². The van der Waals surface area contributed by atoms with Crippen LogP contribution in [0.4, 0.5) is 5.69 Å². The van der Waals surface area contributed by atoms with Gasteiger partial charge in [0, 0.05) is 25.5 Å².